The monoisotopic (exact) mass is 403 g/mol. The maximum atomic E-state index is 12.8. The summed E-state index contributed by atoms with van der Waals surface area (Å²) in [6, 6.07) is 15.0. The Labute approximate surface area is 174 Å². The van der Waals surface area contributed by atoms with Crippen molar-refractivity contribution in [1.29, 1.82) is 0 Å². The zero-order chi connectivity index (χ0) is 21.4. The molecule has 2 heterocycles. The number of aromatic nitrogens is 4. The van der Waals surface area contributed by atoms with Crippen LogP contribution in [-0.4, -0.2) is 25.0 Å². The third-order valence-corrected chi connectivity index (χ3v) is 5.26. The van der Waals surface area contributed by atoms with Crippen LogP contribution in [0.3, 0.4) is 0 Å². The highest BCUT2D eigenvalue weighted by Gasteiger charge is 2.20. The fourth-order valence-electron chi connectivity index (χ4n) is 3.87. The second-order valence-electron chi connectivity index (χ2n) is 7.78. The summed E-state index contributed by atoms with van der Waals surface area (Å²) in [5, 5.41) is 3.50. The highest BCUT2D eigenvalue weighted by molar-refractivity contribution is 5.80. The lowest BCUT2D eigenvalue weighted by molar-refractivity contribution is -0.122. The second kappa shape index (κ2) is 7.74. The van der Waals surface area contributed by atoms with Crippen LogP contribution in [0.25, 0.3) is 21.9 Å². The summed E-state index contributed by atoms with van der Waals surface area (Å²) in [5.41, 5.74) is 2.36. The lowest BCUT2D eigenvalue weighted by atomic mass is 10.2. The summed E-state index contributed by atoms with van der Waals surface area (Å²) in [6.45, 7) is 7.75. The third-order valence-electron chi connectivity index (χ3n) is 5.26. The van der Waals surface area contributed by atoms with E-state index in [1.807, 2.05) is 37.3 Å². The smallest absolute Gasteiger partial charge is 0.261 e. The molecule has 4 aromatic rings. The number of hydrogen-bond acceptors (Lipinski definition) is 4. The number of rotatable bonds is 5. The van der Waals surface area contributed by atoms with Gasteiger partial charge in [-0.05, 0) is 52.0 Å². The number of para-hydroxylation sites is 3. The molecule has 0 spiro atoms. The summed E-state index contributed by atoms with van der Waals surface area (Å²) < 4.78 is 3.55. The van der Waals surface area contributed by atoms with E-state index in [1.165, 1.54) is 4.57 Å². The van der Waals surface area contributed by atoms with Gasteiger partial charge in [-0.15, -0.1) is 0 Å². The van der Waals surface area contributed by atoms with E-state index in [1.54, 1.807) is 25.1 Å². The van der Waals surface area contributed by atoms with Crippen LogP contribution >= 0.6 is 0 Å². The van der Waals surface area contributed by atoms with Crippen LogP contribution in [0.2, 0.25) is 0 Å². The SMILES string of the molecule is Cc1nc2ccccc2c(=O)n1CC(=O)NC(C)c1nc2ccccc2n1C(C)C. The molecule has 7 nitrogen and oxygen atoms in total. The number of imidazole rings is 1. The molecule has 30 heavy (non-hydrogen) atoms. The fourth-order valence-corrected chi connectivity index (χ4v) is 3.87. The average molecular weight is 403 g/mol. The Morgan fingerprint density at radius 1 is 1.00 bits per heavy atom. The largest absolute Gasteiger partial charge is 0.345 e. The van der Waals surface area contributed by atoms with E-state index in [2.05, 4.69) is 28.7 Å². The summed E-state index contributed by atoms with van der Waals surface area (Å²) in [4.78, 5) is 34.8. The molecule has 0 fully saturated rings. The van der Waals surface area contributed by atoms with Crippen LogP contribution in [0.5, 0.6) is 0 Å². The molecular weight excluding hydrogens is 378 g/mol. The maximum Gasteiger partial charge on any atom is 0.261 e. The first-order chi connectivity index (χ1) is 14.4. The van der Waals surface area contributed by atoms with E-state index >= 15 is 0 Å². The highest BCUT2D eigenvalue weighted by Crippen LogP contribution is 2.24. The van der Waals surface area contributed by atoms with Gasteiger partial charge >= 0.3 is 0 Å². The molecule has 0 aliphatic carbocycles. The maximum absolute atomic E-state index is 12.8. The molecule has 0 aliphatic heterocycles. The van der Waals surface area contributed by atoms with Crippen molar-refractivity contribution in [3.05, 3.63) is 70.5 Å². The average Bonchev–Trinajstić information content (AvgIpc) is 3.11. The number of amides is 1. The number of carbonyl (C=O) groups is 1. The fraction of sp³-hybridized carbons (Fsp3) is 0.304. The van der Waals surface area contributed by atoms with Gasteiger partial charge in [0.05, 0.1) is 28.0 Å². The van der Waals surface area contributed by atoms with Gasteiger partial charge in [-0.2, -0.15) is 0 Å². The third kappa shape index (κ3) is 3.47. The van der Waals surface area contributed by atoms with Crippen LogP contribution in [0, 0.1) is 6.92 Å². The van der Waals surface area contributed by atoms with Crippen molar-refractivity contribution < 1.29 is 4.79 Å². The minimum atomic E-state index is -0.309. The van der Waals surface area contributed by atoms with Gasteiger partial charge in [-0.1, -0.05) is 24.3 Å². The van der Waals surface area contributed by atoms with Crippen molar-refractivity contribution in [2.75, 3.05) is 0 Å². The quantitative estimate of drug-likeness (QED) is 0.553. The van der Waals surface area contributed by atoms with E-state index in [0.717, 1.165) is 16.9 Å². The molecule has 1 unspecified atom stereocenters. The molecule has 154 valence electrons. The molecule has 2 aromatic heterocycles. The number of benzene rings is 2. The van der Waals surface area contributed by atoms with Gasteiger partial charge in [-0.25, -0.2) is 9.97 Å². The van der Waals surface area contributed by atoms with Crippen molar-refractivity contribution in [2.45, 2.75) is 46.3 Å². The molecule has 0 saturated heterocycles. The van der Waals surface area contributed by atoms with Crippen molar-refractivity contribution in [1.82, 2.24) is 24.4 Å². The molecule has 2 aromatic carbocycles. The Kier molecular flexibility index (Phi) is 5.11. The summed E-state index contributed by atoms with van der Waals surface area (Å²) in [7, 11) is 0. The number of nitrogens with zero attached hydrogens (tertiary/aromatic N) is 4. The van der Waals surface area contributed by atoms with Crippen LogP contribution in [-0.2, 0) is 11.3 Å². The van der Waals surface area contributed by atoms with Crippen molar-refractivity contribution in [2.24, 2.45) is 0 Å². The number of nitrogens with one attached hydrogen (secondary N) is 1. The van der Waals surface area contributed by atoms with Gasteiger partial charge in [0.15, 0.2) is 0 Å². The van der Waals surface area contributed by atoms with Crippen LogP contribution < -0.4 is 10.9 Å². The van der Waals surface area contributed by atoms with E-state index in [0.29, 0.717) is 16.7 Å². The van der Waals surface area contributed by atoms with E-state index in [9.17, 15) is 9.59 Å². The number of carbonyl (C=O) groups excluding carboxylic acids is 1. The Bertz CT molecular complexity index is 1300. The van der Waals surface area contributed by atoms with Crippen molar-refractivity contribution in [3.63, 3.8) is 0 Å². The Morgan fingerprint density at radius 3 is 2.40 bits per heavy atom. The first kappa shape index (κ1) is 19.8. The number of fused-ring (bicyclic) bond motifs is 2. The first-order valence-electron chi connectivity index (χ1n) is 10.1. The van der Waals surface area contributed by atoms with Gasteiger partial charge in [0.2, 0.25) is 5.91 Å². The van der Waals surface area contributed by atoms with Gasteiger partial charge in [0.1, 0.15) is 18.2 Å². The summed E-state index contributed by atoms with van der Waals surface area (Å²) >= 11 is 0. The van der Waals surface area contributed by atoms with Gasteiger partial charge < -0.3 is 9.88 Å². The molecule has 1 N–H and O–H groups in total. The molecular formula is C23H25N5O2. The van der Waals surface area contributed by atoms with Crippen LogP contribution in [0.1, 0.15) is 44.5 Å². The van der Waals surface area contributed by atoms with Gasteiger partial charge in [0, 0.05) is 6.04 Å². The Hall–Kier alpha value is -3.48. The topological polar surface area (TPSA) is 81.8 Å². The summed E-state index contributed by atoms with van der Waals surface area (Å²) in [6.07, 6.45) is 0. The minimum Gasteiger partial charge on any atom is -0.345 e. The molecule has 4 rings (SSSR count). The molecule has 0 aliphatic rings. The zero-order valence-electron chi connectivity index (χ0n) is 17.6. The van der Waals surface area contributed by atoms with E-state index < -0.39 is 0 Å². The lowest BCUT2D eigenvalue weighted by Crippen LogP contribution is -2.36. The Balaban J connectivity index is 1.61. The molecule has 1 amide bonds. The molecule has 0 saturated carbocycles. The number of aryl methyl sites for hydroxylation is 1. The Morgan fingerprint density at radius 2 is 1.67 bits per heavy atom. The zero-order valence-corrected chi connectivity index (χ0v) is 17.6. The molecule has 0 bridgehead atoms. The molecule has 7 heteroatoms. The highest BCUT2D eigenvalue weighted by atomic mass is 16.2. The van der Waals surface area contributed by atoms with Crippen molar-refractivity contribution >= 4 is 27.8 Å². The molecule has 0 radical (unpaired) electrons. The number of hydrogen-bond donors (Lipinski definition) is 1. The van der Waals surface area contributed by atoms with Crippen LogP contribution in [0.15, 0.2) is 53.3 Å². The standard InChI is InChI=1S/C23H25N5O2/c1-14(2)28-20-12-8-7-11-19(20)26-22(28)15(3)24-21(29)13-27-16(4)25-18-10-6-5-9-17(18)23(27)30/h5-12,14-15H,13H2,1-4H3,(H,24,29). The molecule has 1 atom stereocenters. The van der Waals surface area contributed by atoms with Crippen molar-refractivity contribution in [3.8, 4) is 0 Å². The van der Waals surface area contributed by atoms with Crippen LogP contribution in [0.4, 0.5) is 0 Å². The van der Waals surface area contributed by atoms with E-state index in [-0.39, 0.29) is 30.1 Å². The predicted octanol–water partition coefficient (Wildman–Crippen LogP) is 3.51. The first-order valence-corrected chi connectivity index (χ1v) is 10.1. The minimum absolute atomic E-state index is 0.0885. The van der Waals surface area contributed by atoms with Gasteiger partial charge in [-0.3, -0.25) is 14.2 Å². The van der Waals surface area contributed by atoms with Gasteiger partial charge in [0.25, 0.3) is 5.56 Å². The normalized spacial score (nSPS) is 12.6. The predicted molar refractivity (Wildman–Crippen MR) is 117 cm³/mol. The second-order valence-corrected chi connectivity index (χ2v) is 7.78. The lowest BCUT2D eigenvalue weighted by Gasteiger charge is -2.19. The summed E-state index contributed by atoms with van der Waals surface area (Å²) in [5.74, 6) is 1.04. The van der Waals surface area contributed by atoms with E-state index in [4.69, 9.17) is 4.98 Å².